The summed E-state index contributed by atoms with van der Waals surface area (Å²) in [6, 6.07) is 1.59. The highest BCUT2D eigenvalue weighted by Crippen LogP contribution is 2.26. The molecule has 0 aromatic carbocycles. The second-order valence-electron chi connectivity index (χ2n) is 4.26. The lowest BCUT2D eigenvalue weighted by atomic mass is 9.97. The number of nitro groups is 1. The Labute approximate surface area is 98.0 Å². The van der Waals surface area contributed by atoms with Crippen LogP contribution in [0.25, 0.3) is 0 Å². The van der Waals surface area contributed by atoms with Crippen molar-refractivity contribution in [3.8, 4) is 0 Å². The van der Waals surface area contributed by atoms with Crippen LogP contribution in [-0.4, -0.2) is 40.2 Å². The molecule has 1 aromatic heterocycles. The summed E-state index contributed by atoms with van der Waals surface area (Å²) in [5, 5.41) is 26.5. The number of β-amino-alcohol motifs (C(OH)–C–C–N with tert-alkyl or cyclic N) is 1. The molecule has 0 bridgehead atoms. The van der Waals surface area contributed by atoms with E-state index in [4.69, 9.17) is 0 Å². The lowest BCUT2D eigenvalue weighted by Gasteiger charge is -2.37. The van der Waals surface area contributed by atoms with Crippen LogP contribution in [0.15, 0.2) is 12.3 Å². The van der Waals surface area contributed by atoms with Crippen LogP contribution in [-0.2, 0) is 0 Å². The molecule has 7 heteroatoms. The Morgan fingerprint density at radius 2 is 2.41 bits per heavy atom. The van der Waals surface area contributed by atoms with Gasteiger partial charge in [-0.1, -0.05) is 0 Å². The van der Waals surface area contributed by atoms with Crippen molar-refractivity contribution in [1.82, 2.24) is 10.3 Å². The van der Waals surface area contributed by atoms with Crippen molar-refractivity contribution >= 4 is 11.5 Å². The summed E-state index contributed by atoms with van der Waals surface area (Å²) in [5.74, 6) is 0.204. The zero-order valence-electron chi connectivity index (χ0n) is 9.43. The second-order valence-corrected chi connectivity index (χ2v) is 4.26. The molecule has 1 fully saturated rings. The summed E-state index contributed by atoms with van der Waals surface area (Å²) in [5.41, 5.74) is -0.325. The molecule has 0 unspecified atom stereocenters. The van der Waals surface area contributed by atoms with E-state index in [-0.39, 0.29) is 18.1 Å². The third-order valence-electron chi connectivity index (χ3n) is 2.80. The maximum atomic E-state index is 10.9. The van der Waals surface area contributed by atoms with Gasteiger partial charge in [0, 0.05) is 31.4 Å². The first-order valence-corrected chi connectivity index (χ1v) is 5.29. The first kappa shape index (κ1) is 11.7. The number of nitrogens with zero attached hydrogens (tertiary/aromatic N) is 2. The van der Waals surface area contributed by atoms with Crippen molar-refractivity contribution in [1.29, 1.82) is 0 Å². The van der Waals surface area contributed by atoms with Crippen LogP contribution >= 0.6 is 0 Å². The van der Waals surface area contributed by atoms with Crippen molar-refractivity contribution in [2.24, 2.45) is 0 Å². The first-order valence-electron chi connectivity index (χ1n) is 5.29. The Balaban J connectivity index is 2.15. The van der Waals surface area contributed by atoms with Gasteiger partial charge >= 0.3 is 5.69 Å². The SMILES string of the molecule is Cc1ccnc(NCC2(O)CNC2)c1[N+](=O)[O-]. The quantitative estimate of drug-likeness (QED) is 0.506. The van der Waals surface area contributed by atoms with Crippen LogP contribution in [0.4, 0.5) is 11.5 Å². The number of hydrogen-bond acceptors (Lipinski definition) is 6. The summed E-state index contributed by atoms with van der Waals surface area (Å²) < 4.78 is 0. The molecule has 0 saturated carbocycles. The summed E-state index contributed by atoms with van der Waals surface area (Å²) in [6.45, 7) is 2.88. The number of aryl methyl sites for hydroxylation is 1. The highest BCUT2D eigenvalue weighted by molar-refractivity contribution is 5.59. The predicted molar refractivity (Wildman–Crippen MR) is 61.9 cm³/mol. The summed E-state index contributed by atoms with van der Waals surface area (Å²) >= 11 is 0. The average molecular weight is 238 g/mol. The van der Waals surface area contributed by atoms with E-state index in [2.05, 4.69) is 15.6 Å². The number of aliphatic hydroxyl groups is 1. The minimum Gasteiger partial charge on any atom is -0.385 e. The number of hydrogen-bond donors (Lipinski definition) is 3. The van der Waals surface area contributed by atoms with Crippen molar-refractivity contribution in [2.75, 3.05) is 25.0 Å². The van der Waals surface area contributed by atoms with Crippen molar-refractivity contribution < 1.29 is 10.0 Å². The van der Waals surface area contributed by atoms with Crippen LogP contribution < -0.4 is 10.6 Å². The van der Waals surface area contributed by atoms with E-state index in [1.54, 1.807) is 13.0 Å². The van der Waals surface area contributed by atoms with Crippen LogP contribution in [0.2, 0.25) is 0 Å². The smallest absolute Gasteiger partial charge is 0.314 e. The highest BCUT2D eigenvalue weighted by Gasteiger charge is 2.34. The molecule has 0 atom stereocenters. The van der Waals surface area contributed by atoms with E-state index in [9.17, 15) is 15.2 Å². The fourth-order valence-electron chi connectivity index (χ4n) is 1.70. The van der Waals surface area contributed by atoms with E-state index in [1.165, 1.54) is 6.20 Å². The fourth-order valence-corrected chi connectivity index (χ4v) is 1.70. The van der Waals surface area contributed by atoms with Gasteiger partial charge in [0.2, 0.25) is 5.82 Å². The van der Waals surface area contributed by atoms with Crippen LogP contribution in [0.3, 0.4) is 0 Å². The summed E-state index contributed by atoms with van der Waals surface area (Å²) in [4.78, 5) is 14.4. The Bertz CT molecular complexity index is 445. The second kappa shape index (κ2) is 4.27. The van der Waals surface area contributed by atoms with Gasteiger partial charge in [0.15, 0.2) is 0 Å². The van der Waals surface area contributed by atoms with E-state index >= 15 is 0 Å². The Hall–Kier alpha value is -1.73. The largest absolute Gasteiger partial charge is 0.385 e. The molecular weight excluding hydrogens is 224 g/mol. The molecule has 1 aliphatic rings. The van der Waals surface area contributed by atoms with Gasteiger partial charge in [0.05, 0.1) is 4.92 Å². The topological polar surface area (TPSA) is 100 Å². The maximum Gasteiger partial charge on any atom is 0.314 e. The molecule has 0 radical (unpaired) electrons. The van der Waals surface area contributed by atoms with E-state index in [0.717, 1.165) is 0 Å². The molecule has 2 rings (SSSR count). The third kappa shape index (κ3) is 2.34. The zero-order chi connectivity index (χ0) is 12.5. The number of anilines is 1. The maximum absolute atomic E-state index is 10.9. The zero-order valence-corrected chi connectivity index (χ0v) is 9.43. The fraction of sp³-hybridized carbons (Fsp3) is 0.500. The van der Waals surface area contributed by atoms with Gasteiger partial charge in [0.1, 0.15) is 5.60 Å². The van der Waals surface area contributed by atoms with Crippen LogP contribution in [0, 0.1) is 17.0 Å². The average Bonchev–Trinajstić information content (AvgIpc) is 2.23. The van der Waals surface area contributed by atoms with Crippen molar-refractivity contribution in [3.05, 3.63) is 27.9 Å². The Morgan fingerprint density at radius 3 is 2.94 bits per heavy atom. The van der Waals surface area contributed by atoms with Gasteiger partial charge in [-0.3, -0.25) is 10.1 Å². The predicted octanol–water partition coefficient (Wildman–Crippen LogP) is 0.0444. The van der Waals surface area contributed by atoms with Gasteiger partial charge in [0.25, 0.3) is 0 Å². The molecule has 2 heterocycles. The molecule has 3 N–H and O–H groups in total. The van der Waals surface area contributed by atoms with Crippen molar-refractivity contribution in [3.63, 3.8) is 0 Å². The molecule has 1 aromatic rings. The molecule has 7 nitrogen and oxygen atoms in total. The number of aromatic nitrogens is 1. The molecule has 0 spiro atoms. The van der Waals surface area contributed by atoms with Crippen LogP contribution in [0.1, 0.15) is 5.56 Å². The molecule has 0 amide bonds. The van der Waals surface area contributed by atoms with Gasteiger partial charge in [-0.05, 0) is 13.0 Å². The Morgan fingerprint density at radius 1 is 1.71 bits per heavy atom. The highest BCUT2D eigenvalue weighted by atomic mass is 16.6. The van der Waals surface area contributed by atoms with Gasteiger partial charge < -0.3 is 15.7 Å². The molecule has 92 valence electrons. The standard InChI is InChI=1S/C10H14N4O3/c1-7-2-3-12-9(8(7)14(16)17)13-6-10(15)4-11-5-10/h2-3,11,15H,4-6H2,1H3,(H,12,13). The molecule has 17 heavy (non-hydrogen) atoms. The van der Waals surface area contributed by atoms with Crippen molar-refractivity contribution in [2.45, 2.75) is 12.5 Å². The lowest BCUT2D eigenvalue weighted by molar-refractivity contribution is -0.384. The number of nitrogens with one attached hydrogen (secondary N) is 2. The van der Waals surface area contributed by atoms with Gasteiger partial charge in [-0.15, -0.1) is 0 Å². The lowest BCUT2D eigenvalue weighted by Crippen LogP contribution is -2.63. The van der Waals surface area contributed by atoms with E-state index in [0.29, 0.717) is 18.7 Å². The molecule has 1 aliphatic heterocycles. The van der Waals surface area contributed by atoms with Crippen LogP contribution in [0.5, 0.6) is 0 Å². The minimum atomic E-state index is -0.834. The Kier molecular flexibility index (Phi) is 2.95. The van der Waals surface area contributed by atoms with Gasteiger partial charge in [-0.25, -0.2) is 4.98 Å². The van der Waals surface area contributed by atoms with E-state index in [1.807, 2.05) is 0 Å². The van der Waals surface area contributed by atoms with E-state index < -0.39 is 10.5 Å². The number of rotatable bonds is 4. The monoisotopic (exact) mass is 238 g/mol. The molecule has 0 aliphatic carbocycles. The minimum absolute atomic E-state index is 0.0385. The summed E-state index contributed by atoms with van der Waals surface area (Å²) in [7, 11) is 0. The normalized spacial score (nSPS) is 17.3. The van der Waals surface area contributed by atoms with Gasteiger partial charge in [-0.2, -0.15) is 0 Å². The first-order chi connectivity index (χ1) is 8.02. The molecular formula is C10H14N4O3. The summed E-state index contributed by atoms with van der Waals surface area (Å²) in [6.07, 6.45) is 1.51. The third-order valence-corrected chi connectivity index (χ3v) is 2.80. The molecule has 1 saturated heterocycles. The number of pyridine rings is 1.